The minimum Gasteiger partial charge on any atom is -0.378 e. The van der Waals surface area contributed by atoms with Crippen molar-refractivity contribution in [1.29, 1.82) is 0 Å². The predicted molar refractivity (Wildman–Crippen MR) is 93.0 cm³/mol. The van der Waals surface area contributed by atoms with Crippen LogP contribution in [0.1, 0.15) is 25.7 Å². The van der Waals surface area contributed by atoms with Crippen LogP contribution in [0.15, 0.2) is 24.3 Å². The number of hydrogen-bond donors (Lipinski definition) is 1. The number of aryl methyl sites for hydroxylation is 1. The van der Waals surface area contributed by atoms with E-state index in [0.29, 0.717) is 52.6 Å². The highest BCUT2D eigenvalue weighted by molar-refractivity contribution is 7.17. The predicted octanol–water partition coefficient (Wildman–Crippen LogP) is 2.83. The standard InChI is InChI=1S/C16H16ClN3O3S/c1-10-13(15(22)20-6-8-23-9-7-20)24-16(18-10)19-14(21)11-2-4-12(17)5-3-11/h2-5H,6-9H2,1H3,(H,18,19,21). The molecule has 24 heavy (non-hydrogen) atoms. The molecule has 0 spiro atoms. The number of carbonyl (C=O) groups is 2. The first-order chi connectivity index (χ1) is 11.5. The Bertz CT molecular complexity index is 754. The summed E-state index contributed by atoms with van der Waals surface area (Å²) in [6, 6.07) is 6.57. The molecule has 0 unspecified atom stereocenters. The fourth-order valence-electron chi connectivity index (χ4n) is 2.33. The van der Waals surface area contributed by atoms with Gasteiger partial charge in [-0.05, 0) is 31.2 Å². The Hall–Kier alpha value is -1.96. The number of rotatable bonds is 3. The van der Waals surface area contributed by atoms with Gasteiger partial charge in [0.2, 0.25) is 0 Å². The highest BCUT2D eigenvalue weighted by Crippen LogP contribution is 2.25. The van der Waals surface area contributed by atoms with Gasteiger partial charge in [-0.15, -0.1) is 0 Å². The maximum absolute atomic E-state index is 12.5. The van der Waals surface area contributed by atoms with Crippen LogP contribution in [0.3, 0.4) is 0 Å². The second kappa shape index (κ2) is 7.29. The second-order valence-electron chi connectivity index (χ2n) is 5.30. The number of anilines is 1. The fourth-order valence-corrected chi connectivity index (χ4v) is 3.38. The van der Waals surface area contributed by atoms with E-state index in [0.717, 1.165) is 0 Å². The number of nitrogens with one attached hydrogen (secondary N) is 1. The van der Waals surface area contributed by atoms with Gasteiger partial charge in [0.1, 0.15) is 4.88 Å². The van der Waals surface area contributed by atoms with Gasteiger partial charge in [-0.2, -0.15) is 0 Å². The van der Waals surface area contributed by atoms with E-state index in [1.54, 1.807) is 36.1 Å². The van der Waals surface area contributed by atoms with Crippen molar-refractivity contribution in [3.8, 4) is 0 Å². The van der Waals surface area contributed by atoms with Crippen molar-refractivity contribution in [2.75, 3.05) is 31.6 Å². The van der Waals surface area contributed by atoms with Gasteiger partial charge in [-0.25, -0.2) is 4.98 Å². The van der Waals surface area contributed by atoms with E-state index in [4.69, 9.17) is 16.3 Å². The third-order valence-corrected chi connectivity index (χ3v) is 4.93. The van der Waals surface area contributed by atoms with Gasteiger partial charge >= 0.3 is 0 Å². The summed E-state index contributed by atoms with van der Waals surface area (Å²) in [5.41, 5.74) is 1.09. The molecule has 6 nitrogen and oxygen atoms in total. The highest BCUT2D eigenvalue weighted by Gasteiger charge is 2.23. The van der Waals surface area contributed by atoms with E-state index < -0.39 is 0 Å². The first-order valence-electron chi connectivity index (χ1n) is 7.46. The van der Waals surface area contributed by atoms with E-state index in [2.05, 4.69) is 10.3 Å². The Kier molecular flexibility index (Phi) is 5.13. The molecular weight excluding hydrogens is 350 g/mol. The summed E-state index contributed by atoms with van der Waals surface area (Å²) < 4.78 is 5.26. The Morgan fingerprint density at radius 1 is 1.25 bits per heavy atom. The van der Waals surface area contributed by atoms with Crippen LogP contribution in [-0.2, 0) is 4.74 Å². The van der Waals surface area contributed by atoms with E-state index in [-0.39, 0.29) is 11.8 Å². The van der Waals surface area contributed by atoms with Crippen molar-refractivity contribution < 1.29 is 14.3 Å². The quantitative estimate of drug-likeness (QED) is 0.907. The molecule has 0 atom stereocenters. The zero-order valence-electron chi connectivity index (χ0n) is 13.0. The van der Waals surface area contributed by atoms with Crippen LogP contribution in [0.5, 0.6) is 0 Å². The third kappa shape index (κ3) is 3.75. The Morgan fingerprint density at radius 2 is 1.92 bits per heavy atom. The van der Waals surface area contributed by atoms with Crippen LogP contribution in [0, 0.1) is 6.92 Å². The van der Waals surface area contributed by atoms with E-state index in [1.807, 2.05) is 0 Å². The summed E-state index contributed by atoms with van der Waals surface area (Å²) in [5, 5.41) is 3.70. The van der Waals surface area contributed by atoms with Crippen LogP contribution in [-0.4, -0.2) is 48.0 Å². The molecule has 1 aliphatic rings. The van der Waals surface area contributed by atoms with Crippen molar-refractivity contribution in [2.45, 2.75) is 6.92 Å². The number of halogens is 1. The topological polar surface area (TPSA) is 71.5 Å². The van der Waals surface area contributed by atoms with Gasteiger partial charge in [-0.1, -0.05) is 22.9 Å². The van der Waals surface area contributed by atoms with Crippen molar-refractivity contribution in [3.63, 3.8) is 0 Å². The minimum atomic E-state index is -0.286. The molecule has 1 aliphatic heterocycles. The molecule has 1 N–H and O–H groups in total. The van der Waals surface area contributed by atoms with Crippen molar-refractivity contribution >= 4 is 39.9 Å². The first-order valence-corrected chi connectivity index (χ1v) is 8.65. The average Bonchev–Trinajstić information content (AvgIpc) is 2.95. The number of aromatic nitrogens is 1. The molecule has 1 aromatic heterocycles. The molecule has 2 amide bonds. The van der Waals surface area contributed by atoms with Gasteiger partial charge < -0.3 is 9.64 Å². The molecule has 126 valence electrons. The number of benzene rings is 1. The molecule has 8 heteroatoms. The molecule has 0 bridgehead atoms. The van der Waals surface area contributed by atoms with E-state index in [9.17, 15) is 9.59 Å². The van der Waals surface area contributed by atoms with Gasteiger partial charge in [0.25, 0.3) is 11.8 Å². The summed E-state index contributed by atoms with van der Waals surface area (Å²) in [6.07, 6.45) is 0. The minimum absolute atomic E-state index is 0.0692. The molecule has 2 heterocycles. The van der Waals surface area contributed by atoms with Gasteiger partial charge in [0, 0.05) is 23.7 Å². The number of carbonyl (C=O) groups excluding carboxylic acids is 2. The van der Waals surface area contributed by atoms with Crippen LogP contribution in [0.2, 0.25) is 5.02 Å². The summed E-state index contributed by atoms with van der Waals surface area (Å²) in [7, 11) is 0. The smallest absolute Gasteiger partial charge is 0.266 e. The number of amides is 2. The van der Waals surface area contributed by atoms with Crippen LogP contribution < -0.4 is 5.32 Å². The zero-order valence-corrected chi connectivity index (χ0v) is 14.6. The highest BCUT2D eigenvalue weighted by atomic mass is 35.5. The van der Waals surface area contributed by atoms with Crippen molar-refractivity contribution in [2.24, 2.45) is 0 Å². The fraction of sp³-hybridized carbons (Fsp3) is 0.312. The van der Waals surface area contributed by atoms with Crippen molar-refractivity contribution in [1.82, 2.24) is 9.88 Å². The molecule has 0 radical (unpaired) electrons. The van der Waals surface area contributed by atoms with Crippen LogP contribution in [0.4, 0.5) is 5.13 Å². The molecule has 1 fully saturated rings. The first kappa shape index (κ1) is 16.9. The summed E-state index contributed by atoms with van der Waals surface area (Å²) >= 11 is 7.00. The molecular formula is C16H16ClN3O3S. The number of nitrogens with zero attached hydrogens (tertiary/aromatic N) is 2. The lowest BCUT2D eigenvalue weighted by atomic mass is 10.2. The lowest BCUT2D eigenvalue weighted by Gasteiger charge is -2.26. The van der Waals surface area contributed by atoms with Crippen LogP contribution in [0.25, 0.3) is 0 Å². The molecule has 1 aromatic carbocycles. The largest absolute Gasteiger partial charge is 0.378 e. The monoisotopic (exact) mass is 365 g/mol. The second-order valence-corrected chi connectivity index (χ2v) is 6.73. The lowest BCUT2D eigenvalue weighted by molar-refractivity contribution is 0.0305. The number of ether oxygens (including phenoxy) is 1. The zero-order chi connectivity index (χ0) is 17.1. The van der Waals surface area contributed by atoms with Crippen LogP contribution >= 0.6 is 22.9 Å². The average molecular weight is 366 g/mol. The Labute approximate surface area is 148 Å². The summed E-state index contributed by atoms with van der Waals surface area (Å²) in [4.78, 5) is 31.3. The van der Waals surface area contributed by atoms with Gasteiger partial charge in [-0.3, -0.25) is 14.9 Å². The molecule has 3 rings (SSSR count). The SMILES string of the molecule is Cc1nc(NC(=O)c2ccc(Cl)cc2)sc1C(=O)N1CCOCC1. The normalized spacial score (nSPS) is 14.5. The number of thiazole rings is 1. The maximum atomic E-state index is 12.5. The number of morpholine rings is 1. The molecule has 2 aromatic rings. The van der Waals surface area contributed by atoms with E-state index in [1.165, 1.54) is 11.3 Å². The van der Waals surface area contributed by atoms with Gasteiger partial charge in [0.05, 0.1) is 18.9 Å². The molecule has 1 saturated heterocycles. The Morgan fingerprint density at radius 3 is 2.58 bits per heavy atom. The summed E-state index contributed by atoms with van der Waals surface area (Å²) in [5.74, 6) is -0.355. The number of hydrogen-bond acceptors (Lipinski definition) is 5. The third-order valence-electron chi connectivity index (χ3n) is 3.62. The Balaban J connectivity index is 1.72. The van der Waals surface area contributed by atoms with E-state index >= 15 is 0 Å². The molecule has 0 aliphatic carbocycles. The van der Waals surface area contributed by atoms with Gasteiger partial charge in [0.15, 0.2) is 5.13 Å². The maximum Gasteiger partial charge on any atom is 0.266 e. The summed E-state index contributed by atoms with van der Waals surface area (Å²) in [6.45, 7) is 4.00. The lowest BCUT2D eigenvalue weighted by Crippen LogP contribution is -2.40. The molecule has 0 saturated carbocycles. The van der Waals surface area contributed by atoms with Crippen molar-refractivity contribution in [3.05, 3.63) is 45.4 Å².